The second kappa shape index (κ2) is 4.14. The predicted molar refractivity (Wildman–Crippen MR) is 60.9 cm³/mol. The molecule has 4 nitrogen and oxygen atoms in total. The number of piperazine rings is 1. The molecule has 1 aromatic rings. The molecule has 15 heavy (non-hydrogen) atoms. The minimum Gasteiger partial charge on any atom is -0.353 e. The number of hydrogen-bond acceptors (Lipinski definition) is 4. The molecule has 1 aliphatic rings. The van der Waals surface area contributed by atoms with E-state index in [1.165, 1.54) is 0 Å². The fourth-order valence-corrected chi connectivity index (χ4v) is 2.06. The van der Waals surface area contributed by atoms with Gasteiger partial charge in [-0.1, -0.05) is 0 Å². The maximum atomic E-state index is 4.29. The highest BCUT2D eigenvalue weighted by Gasteiger charge is 2.26. The standard InChI is InChI=1S/C11H18N4/c1-9-6-15(7-10(2)14(9)3)11-4-5-12-8-13-11/h4-5,8-10H,6-7H2,1-3H3/t9-,10+. The van der Waals surface area contributed by atoms with E-state index in [0.29, 0.717) is 12.1 Å². The van der Waals surface area contributed by atoms with E-state index < -0.39 is 0 Å². The molecular formula is C11H18N4. The molecule has 0 unspecified atom stereocenters. The lowest BCUT2D eigenvalue weighted by atomic mass is 10.1. The highest BCUT2D eigenvalue weighted by Crippen LogP contribution is 2.18. The van der Waals surface area contributed by atoms with E-state index in [1.54, 1.807) is 12.5 Å². The summed E-state index contributed by atoms with van der Waals surface area (Å²) in [7, 11) is 2.19. The smallest absolute Gasteiger partial charge is 0.132 e. The van der Waals surface area contributed by atoms with Crippen LogP contribution in [0.3, 0.4) is 0 Å². The van der Waals surface area contributed by atoms with Crippen LogP contribution in [0.5, 0.6) is 0 Å². The summed E-state index contributed by atoms with van der Waals surface area (Å²) in [5, 5.41) is 0. The minimum atomic E-state index is 0.573. The zero-order valence-electron chi connectivity index (χ0n) is 9.59. The second-order valence-electron chi connectivity index (χ2n) is 4.34. The van der Waals surface area contributed by atoms with Gasteiger partial charge >= 0.3 is 0 Å². The molecule has 2 atom stereocenters. The SMILES string of the molecule is C[C@@H]1CN(c2ccncn2)C[C@H](C)N1C. The molecule has 0 N–H and O–H groups in total. The van der Waals surface area contributed by atoms with Crippen molar-refractivity contribution in [1.82, 2.24) is 14.9 Å². The van der Waals surface area contributed by atoms with Gasteiger partial charge in [-0.2, -0.15) is 0 Å². The fraction of sp³-hybridized carbons (Fsp3) is 0.636. The van der Waals surface area contributed by atoms with E-state index in [-0.39, 0.29) is 0 Å². The third-order valence-electron chi connectivity index (χ3n) is 3.25. The van der Waals surface area contributed by atoms with Crippen molar-refractivity contribution < 1.29 is 0 Å². The van der Waals surface area contributed by atoms with Gasteiger partial charge in [-0.05, 0) is 27.0 Å². The van der Waals surface area contributed by atoms with Crippen LogP contribution < -0.4 is 4.90 Å². The Labute approximate surface area is 90.9 Å². The quantitative estimate of drug-likeness (QED) is 0.686. The zero-order chi connectivity index (χ0) is 10.8. The van der Waals surface area contributed by atoms with Gasteiger partial charge in [-0.15, -0.1) is 0 Å². The van der Waals surface area contributed by atoms with E-state index in [9.17, 15) is 0 Å². The van der Waals surface area contributed by atoms with Crippen molar-refractivity contribution in [3.05, 3.63) is 18.6 Å². The molecular weight excluding hydrogens is 188 g/mol. The topological polar surface area (TPSA) is 32.3 Å². The lowest BCUT2D eigenvalue weighted by Crippen LogP contribution is -2.55. The number of aromatic nitrogens is 2. The molecule has 1 aromatic heterocycles. The van der Waals surface area contributed by atoms with Crippen LogP contribution in [0.25, 0.3) is 0 Å². The average Bonchev–Trinajstić information content (AvgIpc) is 2.26. The summed E-state index contributed by atoms with van der Waals surface area (Å²) in [6.45, 7) is 6.59. The average molecular weight is 206 g/mol. The van der Waals surface area contributed by atoms with Crippen LogP contribution >= 0.6 is 0 Å². The normalized spacial score (nSPS) is 28.1. The molecule has 0 aliphatic carbocycles. The molecule has 1 saturated heterocycles. The highest BCUT2D eigenvalue weighted by atomic mass is 15.3. The van der Waals surface area contributed by atoms with Gasteiger partial charge in [0.05, 0.1) is 0 Å². The summed E-state index contributed by atoms with van der Waals surface area (Å²) in [5.74, 6) is 1.04. The molecule has 82 valence electrons. The first-order valence-corrected chi connectivity index (χ1v) is 5.41. The van der Waals surface area contributed by atoms with Gasteiger partial charge in [-0.3, -0.25) is 4.90 Å². The Kier molecular flexibility index (Phi) is 2.86. The Morgan fingerprint density at radius 1 is 1.27 bits per heavy atom. The second-order valence-corrected chi connectivity index (χ2v) is 4.34. The largest absolute Gasteiger partial charge is 0.353 e. The number of nitrogens with zero attached hydrogens (tertiary/aromatic N) is 4. The van der Waals surface area contributed by atoms with Crippen molar-refractivity contribution >= 4 is 5.82 Å². The summed E-state index contributed by atoms with van der Waals surface area (Å²) in [6, 6.07) is 3.12. The number of likely N-dealkylation sites (N-methyl/N-ethyl adjacent to an activating group) is 1. The first kappa shape index (κ1) is 10.4. The maximum absolute atomic E-state index is 4.29. The highest BCUT2D eigenvalue weighted by molar-refractivity contribution is 5.37. The van der Waals surface area contributed by atoms with E-state index in [4.69, 9.17) is 0 Å². The molecule has 1 fully saturated rings. The lowest BCUT2D eigenvalue weighted by Gasteiger charge is -2.42. The van der Waals surface area contributed by atoms with Crippen LogP contribution in [0.1, 0.15) is 13.8 Å². The van der Waals surface area contributed by atoms with E-state index in [2.05, 4.69) is 40.7 Å². The van der Waals surface area contributed by atoms with Gasteiger partial charge in [0, 0.05) is 31.4 Å². The molecule has 0 amide bonds. The van der Waals surface area contributed by atoms with Gasteiger partial charge in [0.15, 0.2) is 0 Å². The number of hydrogen-bond donors (Lipinski definition) is 0. The van der Waals surface area contributed by atoms with Gasteiger partial charge in [0.1, 0.15) is 12.1 Å². The Morgan fingerprint density at radius 3 is 2.47 bits per heavy atom. The molecule has 0 saturated carbocycles. The Hall–Kier alpha value is -1.16. The summed E-state index contributed by atoms with van der Waals surface area (Å²) in [6.07, 6.45) is 3.42. The van der Waals surface area contributed by atoms with Crippen LogP contribution in [0, 0.1) is 0 Å². The van der Waals surface area contributed by atoms with Crippen molar-refractivity contribution in [2.75, 3.05) is 25.0 Å². The van der Waals surface area contributed by atoms with Gasteiger partial charge in [-0.25, -0.2) is 9.97 Å². The number of anilines is 1. The van der Waals surface area contributed by atoms with E-state index in [1.807, 2.05) is 6.07 Å². The van der Waals surface area contributed by atoms with Crippen molar-refractivity contribution in [2.24, 2.45) is 0 Å². The van der Waals surface area contributed by atoms with Crippen LogP contribution in [0.15, 0.2) is 18.6 Å². The zero-order valence-corrected chi connectivity index (χ0v) is 9.59. The van der Waals surface area contributed by atoms with Gasteiger partial charge in [0.2, 0.25) is 0 Å². The van der Waals surface area contributed by atoms with Crippen molar-refractivity contribution in [3.8, 4) is 0 Å². The molecule has 0 spiro atoms. The van der Waals surface area contributed by atoms with Gasteiger partial charge in [0.25, 0.3) is 0 Å². The van der Waals surface area contributed by atoms with Crippen molar-refractivity contribution in [2.45, 2.75) is 25.9 Å². The first-order chi connectivity index (χ1) is 7.18. The van der Waals surface area contributed by atoms with E-state index >= 15 is 0 Å². The number of rotatable bonds is 1. The monoisotopic (exact) mass is 206 g/mol. The molecule has 1 aliphatic heterocycles. The van der Waals surface area contributed by atoms with E-state index in [0.717, 1.165) is 18.9 Å². The summed E-state index contributed by atoms with van der Waals surface area (Å²) < 4.78 is 0. The molecule has 0 radical (unpaired) electrons. The Bertz CT molecular complexity index is 302. The Morgan fingerprint density at radius 2 is 1.93 bits per heavy atom. The predicted octanol–water partition coefficient (Wildman–Crippen LogP) is 1.01. The van der Waals surface area contributed by atoms with Crippen LogP contribution in [0.2, 0.25) is 0 Å². The third-order valence-corrected chi connectivity index (χ3v) is 3.25. The van der Waals surface area contributed by atoms with Crippen LogP contribution in [-0.4, -0.2) is 47.1 Å². The Balaban J connectivity index is 2.13. The van der Waals surface area contributed by atoms with Gasteiger partial charge < -0.3 is 4.90 Å². The van der Waals surface area contributed by atoms with Crippen LogP contribution in [0.4, 0.5) is 5.82 Å². The first-order valence-electron chi connectivity index (χ1n) is 5.41. The van der Waals surface area contributed by atoms with Crippen LogP contribution in [-0.2, 0) is 0 Å². The molecule has 0 aromatic carbocycles. The van der Waals surface area contributed by atoms with Crippen molar-refractivity contribution in [3.63, 3.8) is 0 Å². The summed E-state index contributed by atoms with van der Waals surface area (Å²) in [5.41, 5.74) is 0. The fourth-order valence-electron chi connectivity index (χ4n) is 2.06. The molecule has 4 heteroatoms. The molecule has 0 bridgehead atoms. The van der Waals surface area contributed by atoms with Crippen molar-refractivity contribution in [1.29, 1.82) is 0 Å². The molecule has 2 heterocycles. The lowest BCUT2D eigenvalue weighted by molar-refractivity contribution is 0.169. The minimum absolute atomic E-state index is 0.573. The summed E-state index contributed by atoms with van der Waals surface area (Å²) in [4.78, 5) is 13.0. The summed E-state index contributed by atoms with van der Waals surface area (Å²) >= 11 is 0. The third kappa shape index (κ3) is 2.09. The molecule has 2 rings (SSSR count). The maximum Gasteiger partial charge on any atom is 0.132 e.